The van der Waals surface area contributed by atoms with E-state index >= 15 is 0 Å². The molecule has 0 radical (unpaired) electrons. The maximum absolute atomic E-state index is 12.4. The standard InChI is InChI=1S/C15H13ClN2O3S/c1-3-4-18-14(21)11(13(20)17-15(18)22)7-9-6-10(16)5-8(2)12(9)19/h3,5-7,19H,1,4H2,2H3,(H,17,20,22)/b11-7+. The Morgan fingerprint density at radius 3 is 2.77 bits per heavy atom. The van der Waals surface area contributed by atoms with Gasteiger partial charge in [-0.1, -0.05) is 17.7 Å². The molecule has 1 aromatic carbocycles. The van der Waals surface area contributed by atoms with Gasteiger partial charge in [-0.3, -0.25) is 19.8 Å². The predicted octanol–water partition coefficient (Wildman–Crippen LogP) is 2.17. The fourth-order valence-corrected chi connectivity index (χ4v) is 2.55. The first-order chi connectivity index (χ1) is 10.3. The third-order valence-electron chi connectivity index (χ3n) is 3.09. The Hall–Kier alpha value is -2.18. The molecule has 114 valence electrons. The van der Waals surface area contributed by atoms with Gasteiger partial charge in [0.15, 0.2) is 5.11 Å². The normalized spacial score (nSPS) is 16.9. The zero-order valence-electron chi connectivity index (χ0n) is 11.7. The summed E-state index contributed by atoms with van der Waals surface area (Å²) in [5.74, 6) is -1.21. The van der Waals surface area contributed by atoms with E-state index in [0.717, 1.165) is 0 Å². The van der Waals surface area contributed by atoms with Crippen LogP contribution in [-0.4, -0.2) is 33.5 Å². The van der Waals surface area contributed by atoms with Crippen LogP contribution in [0.5, 0.6) is 5.75 Å². The fourth-order valence-electron chi connectivity index (χ4n) is 2.02. The molecule has 2 amide bonds. The van der Waals surface area contributed by atoms with Crippen molar-refractivity contribution in [1.29, 1.82) is 0 Å². The van der Waals surface area contributed by atoms with Gasteiger partial charge in [0.1, 0.15) is 11.3 Å². The smallest absolute Gasteiger partial charge is 0.265 e. The minimum Gasteiger partial charge on any atom is -0.507 e. The quantitative estimate of drug-likeness (QED) is 0.384. The van der Waals surface area contributed by atoms with Crippen LogP contribution in [0.4, 0.5) is 0 Å². The molecule has 7 heteroatoms. The van der Waals surface area contributed by atoms with Gasteiger partial charge in [0.25, 0.3) is 11.8 Å². The van der Waals surface area contributed by atoms with Crippen molar-refractivity contribution in [3.05, 3.63) is 46.5 Å². The van der Waals surface area contributed by atoms with Crippen LogP contribution in [0.2, 0.25) is 5.02 Å². The summed E-state index contributed by atoms with van der Waals surface area (Å²) >= 11 is 10.9. The average Bonchev–Trinajstić information content (AvgIpc) is 2.44. The van der Waals surface area contributed by atoms with Crippen molar-refractivity contribution >= 4 is 46.8 Å². The van der Waals surface area contributed by atoms with Crippen LogP contribution in [-0.2, 0) is 9.59 Å². The number of nitrogens with one attached hydrogen (secondary N) is 1. The Kier molecular flexibility index (Phi) is 4.63. The van der Waals surface area contributed by atoms with E-state index in [0.29, 0.717) is 10.6 Å². The molecule has 2 N–H and O–H groups in total. The molecule has 1 heterocycles. The van der Waals surface area contributed by atoms with E-state index in [9.17, 15) is 14.7 Å². The summed E-state index contributed by atoms with van der Waals surface area (Å²) in [5, 5.41) is 12.9. The molecular weight excluding hydrogens is 324 g/mol. The number of hydrogen-bond donors (Lipinski definition) is 2. The van der Waals surface area contributed by atoms with Crippen LogP contribution in [0.25, 0.3) is 6.08 Å². The fraction of sp³-hybridized carbons (Fsp3) is 0.133. The van der Waals surface area contributed by atoms with Crippen LogP contribution in [0.1, 0.15) is 11.1 Å². The molecule has 1 aliphatic heterocycles. The number of carbonyl (C=O) groups is 2. The zero-order valence-corrected chi connectivity index (χ0v) is 13.3. The number of phenols is 1. The number of benzene rings is 1. The summed E-state index contributed by atoms with van der Waals surface area (Å²) in [6.07, 6.45) is 2.80. The Bertz CT molecular complexity index is 728. The van der Waals surface area contributed by atoms with Gasteiger partial charge in [-0.25, -0.2) is 0 Å². The van der Waals surface area contributed by atoms with E-state index in [1.165, 1.54) is 23.1 Å². The van der Waals surface area contributed by atoms with Crippen LogP contribution >= 0.6 is 23.8 Å². The lowest BCUT2D eigenvalue weighted by atomic mass is 10.0. The number of aromatic hydroxyl groups is 1. The highest BCUT2D eigenvalue weighted by Gasteiger charge is 2.32. The summed E-state index contributed by atoms with van der Waals surface area (Å²) in [4.78, 5) is 25.6. The number of halogens is 1. The number of carbonyl (C=O) groups excluding carboxylic acids is 2. The molecule has 1 aromatic rings. The molecule has 0 aromatic heterocycles. The van der Waals surface area contributed by atoms with Crippen molar-refractivity contribution in [1.82, 2.24) is 10.2 Å². The second-order valence-electron chi connectivity index (χ2n) is 4.68. The first kappa shape index (κ1) is 16.2. The highest BCUT2D eigenvalue weighted by Crippen LogP contribution is 2.29. The van der Waals surface area contributed by atoms with Crippen molar-refractivity contribution in [2.24, 2.45) is 0 Å². The highest BCUT2D eigenvalue weighted by molar-refractivity contribution is 7.80. The number of aryl methyl sites for hydroxylation is 1. The van der Waals surface area contributed by atoms with Gasteiger partial charge in [0, 0.05) is 17.1 Å². The highest BCUT2D eigenvalue weighted by atomic mass is 35.5. The number of thiocarbonyl (C=S) groups is 1. The SMILES string of the molecule is C=CCN1C(=O)/C(=C/c2cc(Cl)cc(C)c2O)C(=O)NC1=S. The molecule has 0 spiro atoms. The third-order valence-corrected chi connectivity index (χ3v) is 3.63. The summed E-state index contributed by atoms with van der Waals surface area (Å²) in [7, 11) is 0. The van der Waals surface area contributed by atoms with E-state index in [1.807, 2.05) is 0 Å². The summed E-state index contributed by atoms with van der Waals surface area (Å²) in [6, 6.07) is 3.06. The monoisotopic (exact) mass is 336 g/mol. The summed E-state index contributed by atoms with van der Waals surface area (Å²) in [6.45, 7) is 5.39. The van der Waals surface area contributed by atoms with Crippen LogP contribution in [0.3, 0.4) is 0 Å². The van der Waals surface area contributed by atoms with E-state index in [4.69, 9.17) is 23.8 Å². The van der Waals surface area contributed by atoms with Crippen molar-refractivity contribution < 1.29 is 14.7 Å². The summed E-state index contributed by atoms with van der Waals surface area (Å²) < 4.78 is 0. The molecule has 0 unspecified atom stereocenters. The van der Waals surface area contributed by atoms with Crippen LogP contribution in [0, 0.1) is 6.92 Å². The first-order valence-electron chi connectivity index (χ1n) is 6.34. The average molecular weight is 337 g/mol. The topological polar surface area (TPSA) is 69.6 Å². The minimum absolute atomic E-state index is 0.0264. The largest absolute Gasteiger partial charge is 0.507 e. The lowest BCUT2D eigenvalue weighted by Crippen LogP contribution is -2.53. The second-order valence-corrected chi connectivity index (χ2v) is 5.51. The van der Waals surface area contributed by atoms with Crippen molar-refractivity contribution in [2.75, 3.05) is 6.54 Å². The number of nitrogens with zero attached hydrogens (tertiary/aromatic N) is 1. The maximum Gasteiger partial charge on any atom is 0.265 e. The first-order valence-corrected chi connectivity index (χ1v) is 7.12. The Labute approximate surface area is 137 Å². The molecule has 0 atom stereocenters. The molecular formula is C15H13ClN2O3S. The van der Waals surface area contributed by atoms with Crippen molar-refractivity contribution in [3.63, 3.8) is 0 Å². The van der Waals surface area contributed by atoms with E-state index in [2.05, 4.69) is 11.9 Å². The van der Waals surface area contributed by atoms with Gasteiger partial charge in [-0.15, -0.1) is 6.58 Å². The number of phenolic OH excluding ortho intramolecular Hbond substituents is 1. The van der Waals surface area contributed by atoms with Gasteiger partial charge < -0.3 is 5.11 Å². The van der Waals surface area contributed by atoms with Gasteiger partial charge >= 0.3 is 0 Å². The van der Waals surface area contributed by atoms with Gasteiger partial charge in [0.05, 0.1) is 0 Å². The molecule has 5 nitrogen and oxygen atoms in total. The zero-order chi connectivity index (χ0) is 16.4. The van der Waals surface area contributed by atoms with Crippen LogP contribution < -0.4 is 5.32 Å². The Balaban J connectivity index is 2.50. The molecule has 0 saturated carbocycles. The Morgan fingerprint density at radius 1 is 1.45 bits per heavy atom. The number of rotatable bonds is 3. The molecule has 22 heavy (non-hydrogen) atoms. The number of hydrogen-bond acceptors (Lipinski definition) is 4. The minimum atomic E-state index is -0.618. The lowest BCUT2D eigenvalue weighted by Gasteiger charge is -2.27. The molecule has 0 aliphatic carbocycles. The number of amides is 2. The van der Waals surface area contributed by atoms with E-state index in [1.54, 1.807) is 13.0 Å². The van der Waals surface area contributed by atoms with Crippen molar-refractivity contribution in [3.8, 4) is 5.75 Å². The third kappa shape index (κ3) is 3.03. The predicted molar refractivity (Wildman–Crippen MR) is 88.5 cm³/mol. The molecule has 0 bridgehead atoms. The molecule has 1 aliphatic rings. The second kappa shape index (κ2) is 6.29. The van der Waals surface area contributed by atoms with Gasteiger partial charge in [-0.2, -0.15) is 0 Å². The molecule has 1 fully saturated rings. The van der Waals surface area contributed by atoms with Crippen LogP contribution in [0.15, 0.2) is 30.4 Å². The van der Waals surface area contributed by atoms with E-state index < -0.39 is 11.8 Å². The molecule has 1 saturated heterocycles. The van der Waals surface area contributed by atoms with Gasteiger partial charge in [0.2, 0.25) is 0 Å². The molecule has 2 rings (SSSR count). The van der Waals surface area contributed by atoms with Crippen molar-refractivity contribution in [2.45, 2.75) is 6.92 Å². The summed E-state index contributed by atoms with van der Waals surface area (Å²) in [5.41, 5.74) is 0.698. The Morgan fingerprint density at radius 2 is 2.14 bits per heavy atom. The maximum atomic E-state index is 12.4. The van der Waals surface area contributed by atoms with Gasteiger partial charge in [-0.05, 0) is 42.9 Å². The lowest BCUT2D eigenvalue weighted by molar-refractivity contribution is -0.128. The van der Waals surface area contributed by atoms with E-state index in [-0.39, 0.29) is 28.5 Å².